The first kappa shape index (κ1) is 13.4. The number of rotatable bonds is 2. The smallest absolute Gasteiger partial charge is 0.150 e. The Morgan fingerprint density at radius 2 is 2.17 bits per heavy atom. The molecule has 0 bridgehead atoms. The summed E-state index contributed by atoms with van der Waals surface area (Å²) in [6.07, 6.45) is 0.560. The van der Waals surface area contributed by atoms with E-state index in [2.05, 4.69) is 0 Å². The van der Waals surface area contributed by atoms with Crippen molar-refractivity contribution in [2.45, 2.75) is 25.9 Å². The van der Waals surface area contributed by atoms with Gasteiger partial charge in [-0.2, -0.15) is 0 Å². The molecule has 0 amide bonds. The van der Waals surface area contributed by atoms with Gasteiger partial charge in [0.15, 0.2) is 9.84 Å². The summed E-state index contributed by atoms with van der Waals surface area (Å²) < 4.78 is 23.2. The number of benzene rings is 1. The summed E-state index contributed by atoms with van der Waals surface area (Å²) in [5, 5.41) is 10.3. The first-order chi connectivity index (χ1) is 8.39. The molecule has 2 atom stereocenters. The summed E-state index contributed by atoms with van der Waals surface area (Å²) in [7, 11) is -3.01. The van der Waals surface area contributed by atoms with E-state index >= 15 is 0 Å². The van der Waals surface area contributed by atoms with Gasteiger partial charge in [0.2, 0.25) is 0 Å². The maximum atomic E-state index is 11.6. The van der Waals surface area contributed by atoms with Gasteiger partial charge in [-0.1, -0.05) is 12.1 Å². The zero-order valence-electron chi connectivity index (χ0n) is 10.5. The predicted molar refractivity (Wildman–Crippen MR) is 71.9 cm³/mol. The first-order valence-electron chi connectivity index (χ1n) is 6.13. The van der Waals surface area contributed by atoms with Crippen LogP contribution in [0.25, 0.3) is 0 Å². The van der Waals surface area contributed by atoms with Crippen LogP contribution >= 0.6 is 0 Å². The summed E-state index contributed by atoms with van der Waals surface area (Å²) in [5.41, 5.74) is 8.09. The molecule has 5 heteroatoms. The first-order valence-corrected chi connectivity index (χ1v) is 7.96. The normalized spacial score (nSPS) is 24.7. The van der Waals surface area contributed by atoms with E-state index in [1.807, 2.05) is 13.0 Å². The Bertz CT molecular complexity index is 539. The van der Waals surface area contributed by atoms with Gasteiger partial charge in [-0.15, -0.1) is 0 Å². The lowest BCUT2D eigenvalue weighted by Gasteiger charge is -2.27. The third kappa shape index (κ3) is 2.84. The lowest BCUT2D eigenvalue weighted by Crippen LogP contribution is -2.29. The second-order valence-electron chi connectivity index (χ2n) is 5.09. The minimum Gasteiger partial charge on any atom is -0.398 e. The second-order valence-corrected chi connectivity index (χ2v) is 7.32. The van der Waals surface area contributed by atoms with E-state index in [9.17, 15) is 13.5 Å². The van der Waals surface area contributed by atoms with Gasteiger partial charge in [0.05, 0.1) is 17.6 Å². The monoisotopic (exact) mass is 269 g/mol. The molecule has 0 spiro atoms. The highest BCUT2D eigenvalue weighted by Gasteiger charge is 2.31. The van der Waals surface area contributed by atoms with E-state index in [0.29, 0.717) is 17.7 Å². The van der Waals surface area contributed by atoms with Crippen LogP contribution in [0.15, 0.2) is 18.2 Å². The molecule has 1 aromatic carbocycles. The number of anilines is 1. The SMILES string of the molecule is Cc1ccc(C(O)C2CCCS(=O)(=O)C2)c(N)c1. The summed E-state index contributed by atoms with van der Waals surface area (Å²) in [6.45, 7) is 1.93. The molecule has 1 saturated heterocycles. The Hall–Kier alpha value is -1.07. The average molecular weight is 269 g/mol. The molecule has 0 aliphatic carbocycles. The van der Waals surface area contributed by atoms with Crippen molar-refractivity contribution >= 4 is 15.5 Å². The molecular weight excluding hydrogens is 250 g/mol. The lowest BCUT2D eigenvalue weighted by atomic mass is 9.91. The molecule has 1 fully saturated rings. The molecular formula is C13H19NO3S. The molecule has 0 saturated carbocycles. The zero-order chi connectivity index (χ0) is 13.3. The number of hydrogen-bond acceptors (Lipinski definition) is 4. The highest BCUT2D eigenvalue weighted by atomic mass is 32.2. The van der Waals surface area contributed by atoms with Crippen molar-refractivity contribution in [2.24, 2.45) is 5.92 Å². The van der Waals surface area contributed by atoms with Crippen molar-refractivity contribution in [3.63, 3.8) is 0 Å². The van der Waals surface area contributed by atoms with E-state index in [0.717, 1.165) is 12.0 Å². The molecule has 100 valence electrons. The molecule has 0 radical (unpaired) electrons. The predicted octanol–water partition coefficient (Wildman–Crippen LogP) is 1.44. The van der Waals surface area contributed by atoms with Crippen LogP contribution < -0.4 is 5.73 Å². The molecule has 1 aliphatic heterocycles. The number of aryl methyl sites for hydroxylation is 1. The van der Waals surface area contributed by atoms with Gasteiger partial charge in [-0.25, -0.2) is 8.42 Å². The minimum atomic E-state index is -3.01. The Morgan fingerprint density at radius 3 is 2.78 bits per heavy atom. The lowest BCUT2D eigenvalue weighted by molar-refractivity contribution is 0.112. The Kier molecular flexibility index (Phi) is 3.64. The van der Waals surface area contributed by atoms with Crippen molar-refractivity contribution < 1.29 is 13.5 Å². The topological polar surface area (TPSA) is 80.4 Å². The molecule has 2 rings (SSSR count). The standard InChI is InChI=1S/C13H19NO3S/c1-9-4-5-11(12(14)7-9)13(15)10-3-2-6-18(16,17)8-10/h4-5,7,10,13,15H,2-3,6,8,14H2,1H3. The number of hydrogen-bond donors (Lipinski definition) is 2. The van der Waals surface area contributed by atoms with Crippen molar-refractivity contribution in [1.29, 1.82) is 0 Å². The molecule has 1 aromatic rings. The highest BCUT2D eigenvalue weighted by molar-refractivity contribution is 7.91. The van der Waals surface area contributed by atoms with Crippen LogP contribution in [0.1, 0.15) is 30.1 Å². The maximum absolute atomic E-state index is 11.6. The average Bonchev–Trinajstić information content (AvgIpc) is 2.27. The molecule has 0 aromatic heterocycles. The molecule has 18 heavy (non-hydrogen) atoms. The van der Waals surface area contributed by atoms with Crippen molar-refractivity contribution in [1.82, 2.24) is 0 Å². The van der Waals surface area contributed by atoms with Crippen LogP contribution in [0.5, 0.6) is 0 Å². The fourth-order valence-corrected chi connectivity index (χ4v) is 4.30. The second kappa shape index (κ2) is 4.90. The van der Waals surface area contributed by atoms with Crippen LogP contribution in [0, 0.1) is 12.8 Å². The van der Waals surface area contributed by atoms with Gasteiger partial charge >= 0.3 is 0 Å². The van der Waals surface area contributed by atoms with Crippen LogP contribution in [0.4, 0.5) is 5.69 Å². The van der Waals surface area contributed by atoms with E-state index in [-0.39, 0.29) is 17.4 Å². The van der Waals surface area contributed by atoms with E-state index < -0.39 is 15.9 Å². The van der Waals surface area contributed by atoms with Crippen molar-refractivity contribution in [3.8, 4) is 0 Å². The quantitative estimate of drug-likeness (QED) is 0.796. The van der Waals surface area contributed by atoms with E-state index in [1.54, 1.807) is 12.1 Å². The summed E-state index contributed by atoms with van der Waals surface area (Å²) in [5.74, 6) is 0.0508. The Balaban J connectivity index is 2.23. The van der Waals surface area contributed by atoms with Crippen LogP contribution in [-0.4, -0.2) is 25.0 Å². The zero-order valence-corrected chi connectivity index (χ0v) is 11.3. The van der Waals surface area contributed by atoms with Crippen molar-refractivity contribution in [2.75, 3.05) is 17.2 Å². The third-order valence-corrected chi connectivity index (χ3v) is 5.35. The highest BCUT2D eigenvalue weighted by Crippen LogP contribution is 2.33. The molecule has 4 nitrogen and oxygen atoms in total. The van der Waals surface area contributed by atoms with Gasteiger partial charge in [0.1, 0.15) is 0 Å². The Morgan fingerprint density at radius 1 is 1.44 bits per heavy atom. The molecule has 1 heterocycles. The van der Waals surface area contributed by atoms with Gasteiger partial charge in [0, 0.05) is 17.2 Å². The van der Waals surface area contributed by atoms with Crippen molar-refractivity contribution in [3.05, 3.63) is 29.3 Å². The number of aliphatic hydroxyl groups excluding tert-OH is 1. The fraction of sp³-hybridized carbons (Fsp3) is 0.538. The van der Waals surface area contributed by atoms with Gasteiger partial charge in [0.25, 0.3) is 0 Å². The minimum absolute atomic E-state index is 0.0570. The number of aliphatic hydroxyl groups is 1. The van der Waals surface area contributed by atoms with E-state index in [1.165, 1.54) is 0 Å². The summed E-state index contributed by atoms with van der Waals surface area (Å²) in [4.78, 5) is 0. The van der Waals surface area contributed by atoms with Crippen LogP contribution in [-0.2, 0) is 9.84 Å². The fourth-order valence-electron chi connectivity index (χ4n) is 2.52. The van der Waals surface area contributed by atoms with Crippen LogP contribution in [0.2, 0.25) is 0 Å². The number of nitrogens with two attached hydrogens (primary N) is 1. The van der Waals surface area contributed by atoms with E-state index in [4.69, 9.17) is 5.73 Å². The number of sulfone groups is 1. The summed E-state index contributed by atoms with van der Waals surface area (Å²) >= 11 is 0. The van der Waals surface area contributed by atoms with Crippen LogP contribution in [0.3, 0.4) is 0 Å². The molecule has 3 N–H and O–H groups in total. The Labute approximate surface area is 108 Å². The maximum Gasteiger partial charge on any atom is 0.150 e. The summed E-state index contributed by atoms with van der Waals surface area (Å²) in [6, 6.07) is 5.47. The van der Waals surface area contributed by atoms with Gasteiger partial charge < -0.3 is 10.8 Å². The third-order valence-electron chi connectivity index (χ3n) is 3.51. The molecule has 2 unspecified atom stereocenters. The molecule has 1 aliphatic rings. The number of nitrogen functional groups attached to an aromatic ring is 1. The van der Waals surface area contributed by atoms with Gasteiger partial charge in [-0.3, -0.25) is 0 Å². The largest absolute Gasteiger partial charge is 0.398 e. The van der Waals surface area contributed by atoms with Gasteiger partial charge in [-0.05, 0) is 31.4 Å².